The van der Waals surface area contributed by atoms with E-state index in [0.29, 0.717) is 16.5 Å². The average molecular weight is 768 g/mol. The maximum atomic E-state index is 13.9. The Kier molecular flexibility index (Phi) is 12.6. The Bertz CT molecular complexity index is 1650. The van der Waals surface area contributed by atoms with Crippen molar-refractivity contribution in [2.45, 2.75) is 54.5 Å². The number of carbonyl (C=O) groups excluding carboxylic acids is 2. The van der Waals surface area contributed by atoms with Crippen LogP contribution in [0.4, 0.5) is 5.69 Å². The van der Waals surface area contributed by atoms with E-state index in [9.17, 15) is 33.7 Å². The predicted molar refractivity (Wildman–Crippen MR) is 176 cm³/mol. The molecule has 0 aromatic heterocycles. The van der Waals surface area contributed by atoms with Crippen LogP contribution in [0.25, 0.3) is 10.8 Å². The first-order valence-electron chi connectivity index (χ1n) is 14.9. The third-order valence-corrected chi connectivity index (χ3v) is 14.5. The van der Waals surface area contributed by atoms with Gasteiger partial charge in [-0.2, -0.15) is 0 Å². The molecule has 0 bridgehead atoms. The number of carbonyl (C=O) groups is 3. The molecule has 2 aromatic carbocycles. The zero-order valence-corrected chi connectivity index (χ0v) is 30.7. The van der Waals surface area contributed by atoms with Gasteiger partial charge in [0.05, 0.1) is 40.6 Å². The van der Waals surface area contributed by atoms with E-state index < -0.39 is 66.7 Å². The fourth-order valence-corrected chi connectivity index (χ4v) is 11.1. The highest BCUT2D eigenvalue weighted by Gasteiger charge is 2.68. The molecule has 278 valence electrons. The van der Waals surface area contributed by atoms with Gasteiger partial charge in [0.1, 0.15) is 23.2 Å². The van der Waals surface area contributed by atoms with E-state index in [-0.39, 0.29) is 24.5 Å². The molecule has 0 aliphatic carbocycles. The zero-order chi connectivity index (χ0) is 37.1. The lowest BCUT2D eigenvalue weighted by atomic mass is 9.95. The number of thioether (sulfide) groups is 1. The number of amides is 2. The zero-order valence-electron chi connectivity index (χ0n) is 28.1. The number of hydrogen-bond acceptors (Lipinski definition) is 17. The normalized spacial score (nSPS) is 20.4. The van der Waals surface area contributed by atoms with Crippen LogP contribution in [-0.4, -0.2) is 102 Å². The third-order valence-electron chi connectivity index (χ3n) is 7.86. The van der Waals surface area contributed by atoms with Crippen molar-refractivity contribution in [3.8, 4) is 5.75 Å². The Balaban J connectivity index is 1.66. The summed E-state index contributed by atoms with van der Waals surface area (Å²) in [7, 11) is -6.43. The van der Waals surface area contributed by atoms with E-state index in [4.69, 9.17) is 23.4 Å². The first kappa shape index (κ1) is 39.9. The summed E-state index contributed by atoms with van der Waals surface area (Å²) in [5.74, 6) is -2.06. The maximum absolute atomic E-state index is 13.9. The number of nitrogens with zero attached hydrogens (tertiary/aromatic N) is 1. The van der Waals surface area contributed by atoms with Crippen molar-refractivity contribution in [3.05, 3.63) is 35.9 Å². The van der Waals surface area contributed by atoms with E-state index in [0.717, 1.165) is 28.4 Å². The summed E-state index contributed by atoms with van der Waals surface area (Å²) >= 11 is 1.29. The molecule has 2 aliphatic rings. The number of carboxylic acids is 1. The summed E-state index contributed by atoms with van der Waals surface area (Å²) in [5.41, 5.74) is 0.487. The van der Waals surface area contributed by atoms with Crippen molar-refractivity contribution >= 4 is 61.2 Å². The minimum atomic E-state index is -5.11. The van der Waals surface area contributed by atoms with E-state index in [1.165, 1.54) is 16.7 Å². The smallest absolute Gasteiger partial charge is 0.428 e. The molecule has 50 heavy (non-hydrogen) atoms. The summed E-state index contributed by atoms with van der Waals surface area (Å²) in [6.07, 6.45) is -0.755. The number of carboxylic acid groups (broad SMARTS) is 1. The maximum Gasteiger partial charge on any atom is 0.428 e. The summed E-state index contributed by atoms with van der Waals surface area (Å²) in [4.78, 5) is 58.1. The molecule has 0 radical (unpaired) electrons. The van der Waals surface area contributed by atoms with E-state index in [1.807, 2.05) is 0 Å². The molecule has 2 aliphatic heterocycles. The first-order chi connectivity index (χ1) is 23.6. The first-order valence-corrected chi connectivity index (χ1v) is 18.8. The Morgan fingerprint density at radius 1 is 0.960 bits per heavy atom. The van der Waals surface area contributed by atoms with Gasteiger partial charge in [0.25, 0.3) is 11.0 Å². The third kappa shape index (κ3) is 7.13. The molecular weight excluding hydrogens is 728 g/mol. The lowest BCUT2D eigenvalue weighted by Crippen LogP contribution is -2.70. The summed E-state index contributed by atoms with van der Waals surface area (Å²) < 4.78 is 51.1. The summed E-state index contributed by atoms with van der Waals surface area (Å²) in [6.45, 7) is 5.09. The molecule has 0 spiro atoms. The fraction of sp³-hybridized carbons (Fsp3) is 0.536. The number of anilines is 1. The van der Waals surface area contributed by atoms with Gasteiger partial charge in [-0.3, -0.25) is 18.7 Å². The number of aliphatic hydroxyl groups is 1. The summed E-state index contributed by atoms with van der Waals surface area (Å²) in [5, 5.41) is 24.3. The van der Waals surface area contributed by atoms with Gasteiger partial charge >= 0.3 is 21.2 Å². The van der Waals surface area contributed by atoms with Crippen LogP contribution in [-0.2, 0) is 57.0 Å². The SMILES string of the molecule is CCOc1ccc2c(NCCC(O)(P(=O)(OOC)OOC)P(=O)(OOC)OOC)cccc2c1C(=O)NC1C(=O)N2C1SC(C)(C)C2C(=O)O. The van der Waals surface area contributed by atoms with E-state index >= 15 is 0 Å². The van der Waals surface area contributed by atoms with Crippen LogP contribution in [0.5, 0.6) is 5.75 Å². The van der Waals surface area contributed by atoms with Gasteiger partial charge in [-0.05, 0) is 39.0 Å². The Hall–Kier alpha value is -2.84. The monoisotopic (exact) mass is 767 g/mol. The highest BCUT2D eigenvalue weighted by molar-refractivity contribution is 8.01. The highest BCUT2D eigenvalue weighted by Crippen LogP contribution is 2.78. The van der Waals surface area contributed by atoms with Gasteiger partial charge in [-0.25, -0.2) is 24.3 Å². The van der Waals surface area contributed by atoms with Crippen LogP contribution in [0.1, 0.15) is 37.6 Å². The van der Waals surface area contributed by atoms with Gasteiger partial charge < -0.3 is 30.5 Å². The van der Waals surface area contributed by atoms with Crippen molar-refractivity contribution < 1.29 is 76.7 Å². The largest absolute Gasteiger partial charge is 0.493 e. The highest BCUT2D eigenvalue weighted by atomic mass is 32.2. The number of fused-ring (bicyclic) bond motifs is 2. The van der Waals surface area contributed by atoms with Gasteiger partial charge in [-0.15, -0.1) is 30.5 Å². The summed E-state index contributed by atoms with van der Waals surface area (Å²) in [6, 6.07) is 6.10. The van der Waals surface area contributed by atoms with Crippen LogP contribution >= 0.6 is 27.0 Å². The lowest BCUT2D eigenvalue weighted by Gasteiger charge is -2.43. The van der Waals surface area contributed by atoms with E-state index in [1.54, 1.807) is 51.1 Å². The Labute approximate surface area is 290 Å². The van der Waals surface area contributed by atoms with Crippen LogP contribution in [0.15, 0.2) is 30.3 Å². The number of ether oxygens (including phenoxy) is 1. The molecule has 4 N–H and O–H groups in total. The number of rotatable bonds is 19. The molecule has 2 amide bonds. The molecule has 0 saturated carbocycles. The molecule has 19 nitrogen and oxygen atoms in total. The molecular formula is C28H39N3O16P2S. The van der Waals surface area contributed by atoms with Crippen molar-refractivity contribution in [2.75, 3.05) is 46.9 Å². The van der Waals surface area contributed by atoms with Crippen molar-refractivity contribution in [1.82, 2.24) is 10.2 Å². The lowest BCUT2D eigenvalue weighted by molar-refractivity contribution is -0.264. The number of nitrogens with one attached hydrogen (secondary N) is 2. The molecule has 3 unspecified atom stereocenters. The second-order valence-corrected chi connectivity index (χ2v) is 17.4. The molecule has 2 fully saturated rings. The number of hydrogen-bond donors (Lipinski definition) is 4. The second-order valence-electron chi connectivity index (χ2n) is 11.2. The molecule has 22 heteroatoms. The van der Waals surface area contributed by atoms with Crippen LogP contribution in [0.2, 0.25) is 0 Å². The minimum Gasteiger partial charge on any atom is -0.493 e. The standard InChI is InChI=1S/C28H39N3O16P2S/c1-8-43-19-13-12-16-17(20(19)23(32)30-21-24(33)31-22(26(34)35)27(2,3)50-25(21)31)10-9-11-18(16)29-15-14-28(36,48(37,44-39-4)45-40-5)49(38,46-41-6)47-42-7/h9-13,21-22,25,29,36H,8,14-15H2,1-7H3,(H,30,32)(H,34,35). The average Bonchev–Trinajstić information content (AvgIpc) is 3.31. The van der Waals surface area contributed by atoms with Crippen molar-refractivity contribution in [1.29, 1.82) is 0 Å². The molecule has 2 saturated heterocycles. The van der Waals surface area contributed by atoms with Crippen LogP contribution in [0, 0.1) is 0 Å². The predicted octanol–water partition coefficient (Wildman–Crippen LogP) is 3.63. The quantitative estimate of drug-likeness (QED) is 0.0691. The van der Waals surface area contributed by atoms with Gasteiger partial charge in [0.2, 0.25) is 5.91 Å². The number of benzene rings is 2. The molecule has 2 heterocycles. The van der Waals surface area contributed by atoms with Crippen LogP contribution < -0.4 is 15.4 Å². The molecule has 4 rings (SSSR count). The number of aliphatic carboxylic acids is 1. The Morgan fingerprint density at radius 2 is 1.54 bits per heavy atom. The minimum absolute atomic E-state index is 0.103. The van der Waals surface area contributed by atoms with E-state index in [2.05, 4.69) is 30.2 Å². The number of β-lactam (4-membered cyclic amide) rings is 1. The molecule has 3 atom stereocenters. The van der Waals surface area contributed by atoms with Gasteiger partial charge in [-0.1, -0.05) is 12.1 Å². The second kappa shape index (κ2) is 15.8. The van der Waals surface area contributed by atoms with Crippen molar-refractivity contribution in [2.24, 2.45) is 0 Å². The molecule has 2 aromatic rings. The van der Waals surface area contributed by atoms with Crippen LogP contribution in [0.3, 0.4) is 0 Å². The van der Waals surface area contributed by atoms with Gasteiger partial charge in [0, 0.05) is 34.2 Å². The Morgan fingerprint density at radius 3 is 2.06 bits per heavy atom. The fourth-order valence-electron chi connectivity index (χ4n) is 5.81. The topological polar surface area (TPSA) is 236 Å². The van der Waals surface area contributed by atoms with Crippen molar-refractivity contribution in [3.63, 3.8) is 0 Å². The van der Waals surface area contributed by atoms with Gasteiger partial charge in [0.15, 0.2) is 0 Å².